The molecule has 0 bridgehead atoms. The molecule has 0 radical (unpaired) electrons. The molecule has 4 amide bonds. The van der Waals surface area contributed by atoms with Gasteiger partial charge in [-0.15, -0.1) is 0 Å². The number of carbonyl (C=O) groups excluding carboxylic acids is 4. The molecule has 1 saturated heterocycles. The Bertz CT molecular complexity index is 743. The maximum Gasteiger partial charge on any atom is 0.255 e. The van der Waals surface area contributed by atoms with Crippen LogP contribution in [0.5, 0.6) is 5.75 Å². The zero-order valence-electron chi connectivity index (χ0n) is 12.4. The number of amides is 4. The average molecular weight is 317 g/mol. The second kappa shape index (κ2) is 5.38. The quantitative estimate of drug-likeness (QED) is 0.732. The SMILES string of the molecule is COc1cc(C(N)=O)c2c(c1)C(=O)N(C1CCC(=O)NC1=O)C2. The van der Waals surface area contributed by atoms with Crippen molar-refractivity contribution < 1.29 is 23.9 Å². The smallest absolute Gasteiger partial charge is 0.255 e. The zero-order valence-corrected chi connectivity index (χ0v) is 12.4. The fraction of sp³-hybridized carbons (Fsp3) is 0.333. The summed E-state index contributed by atoms with van der Waals surface area (Å²) in [7, 11) is 1.42. The first-order valence-corrected chi connectivity index (χ1v) is 7.07. The number of primary amides is 1. The topological polar surface area (TPSA) is 119 Å². The van der Waals surface area contributed by atoms with E-state index in [1.165, 1.54) is 24.1 Å². The first-order valence-electron chi connectivity index (χ1n) is 7.07. The van der Waals surface area contributed by atoms with Crippen LogP contribution in [0.3, 0.4) is 0 Å². The number of ether oxygens (including phenoxy) is 1. The van der Waals surface area contributed by atoms with Gasteiger partial charge in [0.2, 0.25) is 17.7 Å². The van der Waals surface area contributed by atoms with E-state index >= 15 is 0 Å². The van der Waals surface area contributed by atoms with Gasteiger partial charge in [-0.05, 0) is 24.1 Å². The third kappa shape index (κ3) is 2.41. The Morgan fingerprint density at radius 3 is 2.70 bits per heavy atom. The molecule has 0 aromatic heterocycles. The molecule has 8 nitrogen and oxygen atoms in total. The van der Waals surface area contributed by atoms with Crippen LogP contribution in [0.4, 0.5) is 0 Å². The summed E-state index contributed by atoms with van der Waals surface area (Å²) >= 11 is 0. The third-order valence-electron chi connectivity index (χ3n) is 4.13. The molecule has 8 heteroatoms. The number of hydrogen-bond donors (Lipinski definition) is 2. The van der Waals surface area contributed by atoms with Crippen molar-refractivity contribution in [3.63, 3.8) is 0 Å². The summed E-state index contributed by atoms with van der Waals surface area (Å²) in [6, 6.07) is 2.26. The Morgan fingerprint density at radius 2 is 2.09 bits per heavy atom. The maximum atomic E-state index is 12.6. The highest BCUT2D eigenvalue weighted by Gasteiger charge is 2.40. The number of methoxy groups -OCH3 is 1. The van der Waals surface area contributed by atoms with Crippen LogP contribution in [0, 0.1) is 0 Å². The van der Waals surface area contributed by atoms with Crippen molar-refractivity contribution in [2.75, 3.05) is 7.11 Å². The highest BCUT2D eigenvalue weighted by molar-refractivity contribution is 6.08. The lowest BCUT2D eigenvalue weighted by atomic mass is 10.0. The van der Waals surface area contributed by atoms with E-state index in [2.05, 4.69) is 5.32 Å². The Balaban J connectivity index is 1.98. The van der Waals surface area contributed by atoms with E-state index in [0.717, 1.165) is 0 Å². The standard InChI is InChI=1S/C15H15N3O5/c1-23-7-4-8(13(16)20)10-6-18(15(22)9(10)5-7)11-2-3-12(19)17-14(11)21/h4-5,11H,2-3,6H2,1H3,(H2,16,20)(H,17,19,21). The van der Waals surface area contributed by atoms with Crippen LogP contribution in [0.15, 0.2) is 12.1 Å². The molecular weight excluding hydrogens is 302 g/mol. The van der Waals surface area contributed by atoms with Gasteiger partial charge >= 0.3 is 0 Å². The monoisotopic (exact) mass is 317 g/mol. The van der Waals surface area contributed by atoms with Crippen molar-refractivity contribution in [3.8, 4) is 5.75 Å². The Labute approximate surface area is 131 Å². The van der Waals surface area contributed by atoms with Crippen LogP contribution < -0.4 is 15.8 Å². The fourth-order valence-corrected chi connectivity index (χ4v) is 2.97. The van der Waals surface area contributed by atoms with Gasteiger partial charge in [-0.2, -0.15) is 0 Å². The van der Waals surface area contributed by atoms with Gasteiger partial charge < -0.3 is 15.4 Å². The van der Waals surface area contributed by atoms with Crippen molar-refractivity contribution in [1.82, 2.24) is 10.2 Å². The fourth-order valence-electron chi connectivity index (χ4n) is 2.97. The van der Waals surface area contributed by atoms with Crippen molar-refractivity contribution >= 4 is 23.6 Å². The number of hydrogen-bond acceptors (Lipinski definition) is 5. The summed E-state index contributed by atoms with van der Waals surface area (Å²) in [6.45, 7) is 0.0999. The van der Waals surface area contributed by atoms with E-state index in [1.54, 1.807) is 0 Å². The van der Waals surface area contributed by atoms with Gasteiger partial charge in [-0.1, -0.05) is 0 Å². The highest BCUT2D eigenvalue weighted by atomic mass is 16.5. The zero-order chi connectivity index (χ0) is 16.7. The van der Waals surface area contributed by atoms with Gasteiger partial charge in [0.25, 0.3) is 5.91 Å². The predicted molar refractivity (Wildman–Crippen MR) is 77.6 cm³/mol. The normalized spacial score (nSPS) is 20.3. The lowest BCUT2D eigenvalue weighted by molar-refractivity contribution is -0.136. The van der Waals surface area contributed by atoms with Gasteiger partial charge in [0.05, 0.1) is 7.11 Å². The molecule has 3 N–H and O–H groups in total. The van der Waals surface area contributed by atoms with Crippen molar-refractivity contribution in [2.24, 2.45) is 5.73 Å². The van der Waals surface area contributed by atoms with Gasteiger partial charge in [0, 0.05) is 24.1 Å². The molecule has 1 atom stereocenters. The minimum atomic E-state index is -0.737. The molecule has 2 aliphatic rings. The minimum absolute atomic E-state index is 0.0999. The van der Waals surface area contributed by atoms with Crippen LogP contribution in [-0.2, 0) is 16.1 Å². The highest BCUT2D eigenvalue weighted by Crippen LogP contribution is 2.32. The summed E-state index contributed by atoms with van der Waals surface area (Å²) in [5.74, 6) is -1.56. The number of piperidine rings is 1. The molecule has 1 fully saturated rings. The number of nitrogens with two attached hydrogens (primary N) is 1. The molecule has 1 aromatic carbocycles. The van der Waals surface area contributed by atoms with E-state index in [4.69, 9.17) is 10.5 Å². The van der Waals surface area contributed by atoms with E-state index in [1.807, 2.05) is 0 Å². The molecule has 0 spiro atoms. The van der Waals surface area contributed by atoms with E-state index in [0.29, 0.717) is 16.9 Å². The van der Waals surface area contributed by atoms with Crippen LogP contribution in [0.25, 0.3) is 0 Å². The second-order valence-electron chi connectivity index (χ2n) is 5.47. The minimum Gasteiger partial charge on any atom is -0.497 e. The van der Waals surface area contributed by atoms with Crippen LogP contribution in [0.2, 0.25) is 0 Å². The van der Waals surface area contributed by atoms with Crippen molar-refractivity contribution in [2.45, 2.75) is 25.4 Å². The van der Waals surface area contributed by atoms with Gasteiger partial charge in [-0.3, -0.25) is 24.5 Å². The first kappa shape index (κ1) is 15.0. The first-order chi connectivity index (χ1) is 10.9. The summed E-state index contributed by atoms with van der Waals surface area (Å²) in [5, 5.41) is 2.23. The largest absolute Gasteiger partial charge is 0.497 e. The number of benzene rings is 1. The number of nitrogens with zero attached hydrogens (tertiary/aromatic N) is 1. The molecule has 2 aliphatic heterocycles. The van der Waals surface area contributed by atoms with E-state index in [-0.39, 0.29) is 36.8 Å². The second-order valence-corrected chi connectivity index (χ2v) is 5.47. The molecule has 23 heavy (non-hydrogen) atoms. The molecule has 3 rings (SSSR count). The summed E-state index contributed by atoms with van der Waals surface area (Å²) in [4.78, 5) is 48.9. The Hall–Kier alpha value is -2.90. The van der Waals surface area contributed by atoms with Crippen LogP contribution in [-0.4, -0.2) is 41.7 Å². The number of fused-ring (bicyclic) bond motifs is 1. The number of imide groups is 1. The lowest BCUT2D eigenvalue weighted by Gasteiger charge is -2.29. The number of carbonyl (C=O) groups is 4. The molecule has 120 valence electrons. The van der Waals surface area contributed by atoms with Gasteiger partial charge in [0.15, 0.2) is 0 Å². The van der Waals surface area contributed by atoms with Crippen LogP contribution >= 0.6 is 0 Å². The summed E-state index contributed by atoms with van der Waals surface area (Å²) < 4.78 is 5.09. The predicted octanol–water partition coefficient (Wildman–Crippen LogP) is -0.445. The Kier molecular flexibility index (Phi) is 3.51. The molecule has 0 aliphatic carbocycles. The molecular formula is C15H15N3O5. The molecule has 1 unspecified atom stereocenters. The van der Waals surface area contributed by atoms with E-state index < -0.39 is 17.9 Å². The Morgan fingerprint density at radius 1 is 1.35 bits per heavy atom. The molecule has 1 aromatic rings. The van der Waals surface area contributed by atoms with Gasteiger partial charge in [-0.25, -0.2) is 0 Å². The summed E-state index contributed by atoms with van der Waals surface area (Å²) in [6.07, 6.45) is 0.427. The lowest BCUT2D eigenvalue weighted by Crippen LogP contribution is -2.52. The summed E-state index contributed by atoms with van der Waals surface area (Å²) in [5.41, 5.74) is 6.35. The maximum absolute atomic E-state index is 12.6. The third-order valence-corrected chi connectivity index (χ3v) is 4.13. The average Bonchev–Trinajstić information content (AvgIpc) is 2.83. The van der Waals surface area contributed by atoms with E-state index in [9.17, 15) is 19.2 Å². The number of nitrogens with one attached hydrogen (secondary N) is 1. The van der Waals surface area contributed by atoms with Crippen molar-refractivity contribution in [1.29, 1.82) is 0 Å². The van der Waals surface area contributed by atoms with Crippen molar-refractivity contribution in [3.05, 3.63) is 28.8 Å². The van der Waals surface area contributed by atoms with Crippen LogP contribution in [0.1, 0.15) is 39.1 Å². The van der Waals surface area contributed by atoms with Gasteiger partial charge in [0.1, 0.15) is 11.8 Å². The molecule has 2 heterocycles. The number of rotatable bonds is 3. The molecule has 0 saturated carbocycles.